The van der Waals surface area contributed by atoms with Gasteiger partial charge in [0.25, 0.3) is 0 Å². The molecule has 2 aromatic rings. The average Bonchev–Trinajstić information content (AvgIpc) is 2.69. The smallest absolute Gasteiger partial charge is 0.322 e. The van der Waals surface area contributed by atoms with Crippen LogP contribution in [0.5, 0.6) is 5.75 Å². The molecule has 1 saturated heterocycles. The number of piperazine rings is 1. The Hall–Kier alpha value is -3.20. The average molecular weight is 350 g/mol. The molecule has 1 aliphatic heterocycles. The van der Waals surface area contributed by atoms with Gasteiger partial charge in [-0.1, -0.05) is 12.1 Å². The molecular formula is C20H22N4O2. The number of rotatable bonds is 4. The highest BCUT2D eigenvalue weighted by Crippen LogP contribution is 2.21. The number of carbonyl (C=O) groups is 1. The minimum Gasteiger partial charge on any atom is -0.494 e. The molecule has 0 unspecified atom stereocenters. The summed E-state index contributed by atoms with van der Waals surface area (Å²) in [4.78, 5) is 16.5. The summed E-state index contributed by atoms with van der Waals surface area (Å²) in [7, 11) is 0. The van der Waals surface area contributed by atoms with Crippen molar-refractivity contribution in [1.29, 1.82) is 5.26 Å². The Bertz CT molecular complexity index is 790. The van der Waals surface area contributed by atoms with Crippen molar-refractivity contribution in [2.45, 2.75) is 6.92 Å². The number of ether oxygens (including phenoxy) is 1. The van der Waals surface area contributed by atoms with Gasteiger partial charge in [-0.25, -0.2) is 4.79 Å². The van der Waals surface area contributed by atoms with E-state index in [1.807, 2.05) is 31.2 Å². The van der Waals surface area contributed by atoms with E-state index >= 15 is 0 Å². The highest BCUT2D eigenvalue weighted by molar-refractivity contribution is 5.91. The number of amides is 2. The lowest BCUT2D eigenvalue weighted by atomic mass is 10.2. The molecule has 6 heteroatoms. The first-order valence-electron chi connectivity index (χ1n) is 8.74. The molecule has 0 radical (unpaired) electrons. The number of hydrogen-bond acceptors (Lipinski definition) is 4. The van der Waals surface area contributed by atoms with Gasteiger partial charge in [0.05, 0.1) is 17.9 Å². The normalized spacial score (nSPS) is 13.8. The van der Waals surface area contributed by atoms with E-state index in [0.717, 1.165) is 24.5 Å². The highest BCUT2D eigenvalue weighted by Gasteiger charge is 2.21. The SMILES string of the molecule is CCOc1ccc(N2CCN(C(=O)Nc3ccccc3C#N)CC2)cc1. The van der Waals surface area contributed by atoms with Crippen molar-refractivity contribution >= 4 is 17.4 Å². The fraction of sp³-hybridized carbons (Fsp3) is 0.300. The number of nitrogens with one attached hydrogen (secondary N) is 1. The lowest BCUT2D eigenvalue weighted by molar-refractivity contribution is 0.208. The van der Waals surface area contributed by atoms with Crippen LogP contribution in [-0.2, 0) is 0 Å². The Morgan fingerprint density at radius 3 is 2.46 bits per heavy atom. The number of benzene rings is 2. The zero-order valence-electron chi connectivity index (χ0n) is 14.8. The van der Waals surface area contributed by atoms with Crippen molar-refractivity contribution in [2.24, 2.45) is 0 Å². The summed E-state index contributed by atoms with van der Waals surface area (Å²) in [5, 5.41) is 12.0. The molecule has 0 saturated carbocycles. The van der Waals surface area contributed by atoms with E-state index < -0.39 is 0 Å². The summed E-state index contributed by atoms with van der Waals surface area (Å²) in [5.74, 6) is 0.866. The van der Waals surface area contributed by atoms with Gasteiger partial charge in [0.15, 0.2) is 0 Å². The van der Waals surface area contributed by atoms with Crippen LogP contribution in [0.2, 0.25) is 0 Å². The van der Waals surface area contributed by atoms with Gasteiger partial charge < -0.3 is 19.9 Å². The van der Waals surface area contributed by atoms with Crippen LogP contribution < -0.4 is 15.0 Å². The van der Waals surface area contributed by atoms with E-state index in [1.165, 1.54) is 0 Å². The molecule has 1 heterocycles. The van der Waals surface area contributed by atoms with Crippen LogP contribution in [0.1, 0.15) is 12.5 Å². The zero-order valence-corrected chi connectivity index (χ0v) is 14.8. The maximum atomic E-state index is 12.5. The van der Waals surface area contributed by atoms with Crippen LogP contribution in [0.15, 0.2) is 48.5 Å². The molecule has 2 aromatic carbocycles. The third-order valence-electron chi connectivity index (χ3n) is 4.37. The van der Waals surface area contributed by atoms with E-state index in [2.05, 4.69) is 16.3 Å². The number of carbonyl (C=O) groups excluding carboxylic acids is 1. The lowest BCUT2D eigenvalue weighted by Crippen LogP contribution is -2.50. The van der Waals surface area contributed by atoms with Gasteiger partial charge in [-0.15, -0.1) is 0 Å². The third kappa shape index (κ3) is 4.06. The lowest BCUT2D eigenvalue weighted by Gasteiger charge is -2.36. The van der Waals surface area contributed by atoms with E-state index in [1.54, 1.807) is 29.2 Å². The Morgan fingerprint density at radius 1 is 1.12 bits per heavy atom. The molecule has 0 atom stereocenters. The Labute approximate surface area is 153 Å². The minimum absolute atomic E-state index is 0.168. The molecule has 1 fully saturated rings. The van der Waals surface area contributed by atoms with Gasteiger partial charge in [-0.2, -0.15) is 5.26 Å². The van der Waals surface area contributed by atoms with Crippen LogP contribution in [-0.4, -0.2) is 43.7 Å². The second-order valence-electron chi connectivity index (χ2n) is 5.99. The number of hydrogen-bond donors (Lipinski definition) is 1. The molecule has 134 valence electrons. The molecule has 2 amide bonds. The number of para-hydroxylation sites is 1. The van der Waals surface area contributed by atoms with E-state index in [4.69, 9.17) is 10.00 Å². The topological polar surface area (TPSA) is 68.6 Å². The third-order valence-corrected chi connectivity index (χ3v) is 4.37. The highest BCUT2D eigenvalue weighted by atomic mass is 16.5. The van der Waals surface area contributed by atoms with Crippen molar-refractivity contribution in [2.75, 3.05) is 43.0 Å². The predicted molar refractivity (Wildman–Crippen MR) is 102 cm³/mol. The molecular weight excluding hydrogens is 328 g/mol. The second-order valence-corrected chi connectivity index (χ2v) is 5.99. The molecule has 0 aliphatic carbocycles. The summed E-state index contributed by atoms with van der Waals surface area (Å²) in [6.45, 7) is 5.42. The van der Waals surface area contributed by atoms with E-state index in [9.17, 15) is 4.79 Å². The summed E-state index contributed by atoms with van der Waals surface area (Å²) in [6, 6.07) is 17.0. The summed E-state index contributed by atoms with van der Waals surface area (Å²) in [6.07, 6.45) is 0. The summed E-state index contributed by atoms with van der Waals surface area (Å²) >= 11 is 0. The van der Waals surface area contributed by atoms with Crippen molar-refractivity contribution in [3.63, 3.8) is 0 Å². The van der Waals surface area contributed by atoms with Crippen molar-refractivity contribution in [3.05, 3.63) is 54.1 Å². The van der Waals surface area contributed by atoms with Crippen LogP contribution in [0.25, 0.3) is 0 Å². The number of anilines is 2. The quantitative estimate of drug-likeness (QED) is 0.918. The summed E-state index contributed by atoms with van der Waals surface area (Å²) < 4.78 is 5.47. The van der Waals surface area contributed by atoms with Gasteiger partial charge in [0.1, 0.15) is 11.8 Å². The molecule has 0 aromatic heterocycles. The molecule has 0 bridgehead atoms. The van der Waals surface area contributed by atoms with Crippen molar-refractivity contribution < 1.29 is 9.53 Å². The molecule has 26 heavy (non-hydrogen) atoms. The Balaban J connectivity index is 1.56. The van der Waals surface area contributed by atoms with Gasteiger partial charge in [-0.3, -0.25) is 0 Å². The standard InChI is InChI=1S/C20H22N4O2/c1-2-26-18-9-7-17(8-10-18)23-11-13-24(14-12-23)20(25)22-19-6-4-3-5-16(19)15-21/h3-10H,2,11-14H2,1H3,(H,22,25). The molecule has 1 aliphatic rings. The first kappa shape index (κ1) is 17.6. The fourth-order valence-corrected chi connectivity index (χ4v) is 2.97. The minimum atomic E-state index is -0.168. The van der Waals surface area contributed by atoms with Gasteiger partial charge in [0.2, 0.25) is 0 Å². The summed E-state index contributed by atoms with van der Waals surface area (Å²) in [5.41, 5.74) is 2.14. The molecule has 3 rings (SSSR count). The predicted octanol–water partition coefficient (Wildman–Crippen LogP) is 3.31. The monoisotopic (exact) mass is 350 g/mol. The van der Waals surface area contributed by atoms with Crippen molar-refractivity contribution in [1.82, 2.24) is 4.90 Å². The first-order chi connectivity index (χ1) is 12.7. The second kappa shape index (κ2) is 8.26. The number of nitriles is 1. The largest absolute Gasteiger partial charge is 0.494 e. The van der Waals surface area contributed by atoms with E-state index in [-0.39, 0.29) is 6.03 Å². The van der Waals surface area contributed by atoms with Gasteiger partial charge in [0, 0.05) is 31.9 Å². The van der Waals surface area contributed by atoms with Gasteiger partial charge in [-0.05, 0) is 43.3 Å². The Morgan fingerprint density at radius 2 is 1.81 bits per heavy atom. The maximum absolute atomic E-state index is 12.5. The zero-order chi connectivity index (χ0) is 18.4. The number of urea groups is 1. The molecule has 6 nitrogen and oxygen atoms in total. The van der Waals surface area contributed by atoms with Crippen molar-refractivity contribution in [3.8, 4) is 11.8 Å². The van der Waals surface area contributed by atoms with Crippen LogP contribution >= 0.6 is 0 Å². The molecule has 1 N–H and O–H groups in total. The van der Waals surface area contributed by atoms with Gasteiger partial charge >= 0.3 is 6.03 Å². The van der Waals surface area contributed by atoms with E-state index in [0.29, 0.717) is 30.9 Å². The first-order valence-corrected chi connectivity index (χ1v) is 8.74. The Kier molecular flexibility index (Phi) is 5.59. The maximum Gasteiger partial charge on any atom is 0.322 e. The van der Waals surface area contributed by atoms with Crippen LogP contribution in [0.4, 0.5) is 16.2 Å². The fourth-order valence-electron chi connectivity index (χ4n) is 2.97. The number of nitrogens with zero attached hydrogens (tertiary/aromatic N) is 3. The van der Waals surface area contributed by atoms with Crippen LogP contribution in [0.3, 0.4) is 0 Å². The van der Waals surface area contributed by atoms with Crippen LogP contribution in [0, 0.1) is 11.3 Å². The molecule has 0 spiro atoms.